The number of aromatic nitrogens is 2. The van der Waals surface area contributed by atoms with Crippen LogP contribution in [0.4, 0.5) is 0 Å². The maximum atomic E-state index is 8.85. The van der Waals surface area contributed by atoms with E-state index >= 15 is 0 Å². The lowest BCUT2D eigenvalue weighted by Gasteiger charge is -2.12. The quantitative estimate of drug-likeness (QED) is 0.657. The highest BCUT2D eigenvalue weighted by atomic mass is 32.2. The molecule has 0 radical (unpaired) electrons. The van der Waals surface area contributed by atoms with Gasteiger partial charge in [-0.25, -0.2) is 4.98 Å². The number of hydrogen-bond donors (Lipinski definition) is 0. The molecule has 4 heteroatoms. The number of nitriles is 1. The van der Waals surface area contributed by atoms with Crippen LogP contribution in [0.5, 0.6) is 0 Å². The van der Waals surface area contributed by atoms with Crippen molar-refractivity contribution in [2.75, 3.05) is 0 Å². The molecular weight excluding hydrogens is 302 g/mol. The van der Waals surface area contributed by atoms with Crippen LogP contribution in [0, 0.1) is 25.2 Å². The van der Waals surface area contributed by atoms with Gasteiger partial charge in [0.25, 0.3) is 0 Å². The topological polar surface area (TPSA) is 41.6 Å². The van der Waals surface area contributed by atoms with Gasteiger partial charge in [-0.05, 0) is 48.7 Å². The van der Waals surface area contributed by atoms with Crippen molar-refractivity contribution < 1.29 is 0 Å². The summed E-state index contributed by atoms with van der Waals surface area (Å²) in [4.78, 5) is 4.49. The largest absolute Gasteiger partial charge is 0.295 e. The minimum absolute atomic E-state index is 0.690. The third-order valence-electron chi connectivity index (χ3n) is 3.89. The maximum Gasteiger partial charge on any atom is 0.172 e. The van der Waals surface area contributed by atoms with E-state index in [9.17, 15) is 0 Å². The number of hydrogen-bond acceptors (Lipinski definition) is 3. The van der Waals surface area contributed by atoms with Crippen molar-refractivity contribution in [3.8, 4) is 11.8 Å². The van der Waals surface area contributed by atoms with Crippen molar-refractivity contribution in [1.82, 2.24) is 9.55 Å². The Labute approximate surface area is 140 Å². The molecule has 1 aromatic heterocycles. The first-order valence-electron chi connectivity index (χ1n) is 7.41. The molecule has 0 amide bonds. The summed E-state index contributed by atoms with van der Waals surface area (Å²) in [6, 6.07) is 16.2. The van der Waals surface area contributed by atoms with Crippen LogP contribution >= 0.6 is 11.8 Å². The fourth-order valence-corrected chi connectivity index (χ4v) is 3.32. The van der Waals surface area contributed by atoms with E-state index in [1.165, 1.54) is 22.4 Å². The van der Waals surface area contributed by atoms with Crippen molar-refractivity contribution in [2.24, 2.45) is 0 Å². The summed E-state index contributed by atoms with van der Waals surface area (Å²) in [7, 11) is 0. The molecule has 0 saturated heterocycles. The Balaban J connectivity index is 1.81. The molecule has 0 atom stereocenters. The Morgan fingerprint density at radius 1 is 1.13 bits per heavy atom. The third kappa shape index (κ3) is 3.30. The first-order chi connectivity index (χ1) is 11.2. The Bertz CT molecular complexity index is 857. The van der Waals surface area contributed by atoms with Gasteiger partial charge in [0.05, 0.1) is 17.3 Å². The molecule has 3 aromatic rings. The molecule has 0 aliphatic rings. The normalized spacial score (nSPS) is 10.5. The van der Waals surface area contributed by atoms with E-state index in [0.29, 0.717) is 5.56 Å². The molecule has 0 spiro atoms. The van der Waals surface area contributed by atoms with Gasteiger partial charge in [0.15, 0.2) is 5.16 Å². The van der Waals surface area contributed by atoms with Gasteiger partial charge in [-0.15, -0.1) is 0 Å². The predicted octanol–water partition coefficient (Wildman–Crippen LogP) is 4.65. The van der Waals surface area contributed by atoms with Crippen molar-refractivity contribution in [3.63, 3.8) is 0 Å². The molecule has 2 aromatic carbocycles. The highest BCUT2D eigenvalue weighted by molar-refractivity contribution is 7.98. The summed E-state index contributed by atoms with van der Waals surface area (Å²) in [5.41, 5.74) is 5.59. The second-order valence-electron chi connectivity index (χ2n) is 5.40. The minimum Gasteiger partial charge on any atom is -0.295 e. The number of thioether (sulfide) groups is 1. The van der Waals surface area contributed by atoms with Crippen LogP contribution in [0.15, 0.2) is 60.0 Å². The zero-order valence-electron chi connectivity index (χ0n) is 13.2. The smallest absolute Gasteiger partial charge is 0.172 e. The lowest BCUT2D eigenvalue weighted by Crippen LogP contribution is -1.99. The van der Waals surface area contributed by atoms with Gasteiger partial charge in [-0.3, -0.25) is 4.57 Å². The molecule has 23 heavy (non-hydrogen) atoms. The van der Waals surface area contributed by atoms with Crippen molar-refractivity contribution in [1.29, 1.82) is 5.26 Å². The molecular formula is C19H17N3S. The molecule has 0 saturated carbocycles. The molecule has 0 unspecified atom stereocenters. The number of rotatable bonds is 4. The van der Waals surface area contributed by atoms with E-state index in [1.807, 2.05) is 36.7 Å². The van der Waals surface area contributed by atoms with Gasteiger partial charge in [-0.1, -0.05) is 36.0 Å². The zero-order chi connectivity index (χ0) is 16.2. The summed E-state index contributed by atoms with van der Waals surface area (Å²) < 4.78 is 2.14. The van der Waals surface area contributed by atoms with Crippen molar-refractivity contribution in [3.05, 3.63) is 77.1 Å². The van der Waals surface area contributed by atoms with E-state index in [2.05, 4.69) is 47.7 Å². The first-order valence-corrected chi connectivity index (χ1v) is 8.39. The summed E-state index contributed by atoms with van der Waals surface area (Å²) >= 11 is 1.70. The molecule has 3 nitrogen and oxygen atoms in total. The molecule has 0 fully saturated rings. The van der Waals surface area contributed by atoms with Crippen LogP contribution in [-0.2, 0) is 5.75 Å². The SMILES string of the molecule is Cc1cccc(-n2ccnc2SCc2ccc(C#N)cc2)c1C. The average molecular weight is 319 g/mol. The Kier molecular flexibility index (Phi) is 4.50. The van der Waals surface area contributed by atoms with Gasteiger partial charge in [0.2, 0.25) is 0 Å². The van der Waals surface area contributed by atoms with Gasteiger partial charge >= 0.3 is 0 Å². The van der Waals surface area contributed by atoms with E-state index in [1.54, 1.807) is 11.8 Å². The van der Waals surface area contributed by atoms with Crippen molar-refractivity contribution in [2.45, 2.75) is 24.8 Å². The van der Waals surface area contributed by atoms with Crippen LogP contribution in [0.3, 0.4) is 0 Å². The number of benzene rings is 2. The molecule has 0 aliphatic heterocycles. The standard InChI is InChI=1S/C19H17N3S/c1-14-4-3-5-18(15(14)2)22-11-10-21-19(22)23-13-17-8-6-16(12-20)7-9-17/h3-11H,13H2,1-2H3. The Morgan fingerprint density at radius 2 is 1.91 bits per heavy atom. The summed E-state index contributed by atoms with van der Waals surface area (Å²) in [5.74, 6) is 0.827. The predicted molar refractivity (Wildman–Crippen MR) is 93.8 cm³/mol. The van der Waals surface area contributed by atoms with Gasteiger partial charge in [0, 0.05) is 18.1 Å². The molecule has 1 heterocycles. The fraction of sp³-hybridized carbons (Fsp3) is 0.158. The summed E-state index contributed by atoms with van der Waals surface area (Å²) in [6.07, 6.45) is 3.84. The molecule has 0 N–H and O–H groups in total. The monoisotopic (exact) mass is 319 g/mol. The maximum absolute atomic E-state index is 8.85. The highest BCUT2D eigenvalue weighted by Gasteiger charge is 2.09. The van der Waals surface area contributed by atoms with E-state index in [4.69, 9.17) is 5.26 Å². The highest BCUT2D eigenvalue weighted by Crippen LogP contribution is 2.26. The van der Waals surface area contributed by atoms with Crippen LogP contribution < -0.4 is 0 Å². The fourth-order valence-electron chi connectivity index (χ4n) is 2.40. The third-order valence-corrected chi connectivity index (χ3v) is 4.93. The average Bonchev–Trinajstić information content (AvgIpc) is 3.04. The van der Waals surface area contributed by atoms with E-state index < -0.39 is 0 Å². The van der Waals surface area contributed by atoms with E-state index in [-0.39, 0.29) is 0 Å². The van der Waals surface area contributed by atoms with Gasteiger partial charge < -0.3 is 0 Å². The van der Waals surface area contributed by atoms with Crippen LogP contribution in [-0.4, -0.2) is 9.55 Å². The second kappa shape index (κ2) is 6.72. The van der Waals surface area contributed by atoms with Crippen LogP contribution in [0.1, 0.15) is 22.3 Å². The minimum atomic E-state index is 0.690. The number of imidazole rings is 1. The Hall–Kier alpha value is -2.51. The van der Waals surface area contributed by atoms with Gasteiger partial charge in [-0.2, -0.15) is 5.26 Å². The van der Waals surface area contributed by atoms with Crippen LogP contribution in [0.25, 0.3) is 5.69 Å². The lowest BCUT2D eigenvalue weighted by atomic mass is 10.1. The van der Waals surface area contributed by atoms with Crippen molar-refractivity contribution >= 4 is 11.8 Å². The molecule has 3 rings (SSSR count). The summed E-state index contributed by atoms with van der Waals surface area (Å²) in [5, 5.41) is 9.83. The van der Waals surface area contributed by atoms with Crippen LogP contribution in [0.2, 0.25) is 0 Å². The first kappa shape index (κ1) is 15.4. The van der Waals surface area contributed by atoms with E-state index in [0.717, 1.165) is 10.9 Å². The second-order valence-corrected chi connectivity index (χ2v) is 6.34. The number of aryl methyl sites for hydroxylation is 1. The Morgan fingerprint density at radius 3 is 2.65 bits per heavy atom. The number of nitrogens with zero attached hydrogens (tertiary/aromatic N) is 3. The zero-order valence-corrected chi connectivity index (χ0v) is 14.0. The summed E-state index contributed by atoms with van der Waals surface area (Å²) in [6.45, 7) is 4.26. The molecule has 0 aliphatic carbocycles. The molecule has 0 bridgehead atoms. The lowest BCUT2D eigenvalue weighted by molar-refractivity contribution is 0.885. The van der Waals surface area contributed by atoms with Gasteiger partial charge in [0.1, 0.15) is 0 Å². The molecule has 114 valence electrons.